The molecule has 0 bridgehead atoms. The molecule has 1 saturated carbocycles. The first-order valence-corrected chi connectivity index (χ1v) is 9.89. The van der Waals surface area contributed by atoms with Crippen molar-refractivity contribution in [2.75, 3.05) is 5.32 Å². The van der Waals surface area contributed by atoms with E-state index in [9.17, 15) is 9.59 Å². The molecule has 0 unspecified atom stereocenters. The van der Waals surface area contributed by atoms with E-state index in [2.05, 4.69) is 10.4 Å². The number of amides is 1. The van der Waals surface area contributed by atoms with Crippen LogP contribution in [0.3, 0.4) is 0 Å². The van der Waals surface area contributed by atoms with Gasteiger partial charge in [0.15, 0.2) is 11.5 Å². The number of aryl methyl sites for hydroxylation is 1. The lowest BCUT2D eigenvalue weighted by molar-refractivity contribution is -0.116. The average Bonchev–Trinajstić information content (AvgIpc) is 3.33. The van der Waals surface area contributed by atoms with Crippen LogP contribution in [0.2, 0.25) is 0 Å². The lowest BCUT2D eigenvalue weighted by atomic mass is 10.2. The van der Waals surface area contributed by atoms with Gasteiger partial charge in [0.2, 0.25) is 11.3 Å². The highest BCUT2D eigenvalue weighted by Gasteiger charge is 2.44. The van der Waals surface area contributed by atoms with Crippen LogP contribution in [-0.2, 0) is 11.3 Å². The molecule has 7 heteroatoms. The lowest BCUT2D eigenvalue weighted by Gasteiger charge is -2.21. The van der Waals surface area contributed by atoms with E-state index in [1.807, 2.05) is 36.4 Å². The Kier molecular flexibility index (Phi) is 4.23. The van der Waals surface area contributed by atoms with Gasteiger partial charge in [-0.2, -0.15) is 5.10 Å². The predicted molar refractivity (Wildman–Crippen MR) is 108 cm³/mol. The van der Waals surface area contributed by atoms with Gasteiger partial charge in [-0.3, -0.25) is 14.3 Å². The van der Waals surface area contributed by atoms with Crippen LogP contribution in [0.1, 0.15) is 32.1 Å². The smallest absolute Gasteiger partial charge is 0.251 e. The molecule has 0 radical (unpaired) electrons. The molecule has 3 aromatic rings. The maximum atomic E-state index is 12.5. The minimum Gasteiger partial charge on any atom is -0.448 e. The summed E-state index contributed by atoms with van der Waals surface area (Å²) < 4.78 is 13.7. The third-order valence-electron chi connectivity index (χ3n) is 5.50. The molecule has 5 rings (SSSR count). The van der Waals surface area contributed by atoms with Crippen molar-refractivity contribution < 1.29 is 14.3 Å². The van der Waals surface area contributed by atoms with Gasteiger partial charge in [-0.25, -0.2) is 0 Å². The molecular weight excluding hydrogens is 370 g/mol. The van der Waals surface area contributed by atoms with Crippen molar-refractivity contribution in [3.8, 4) is 11.5 Å². The van der Waals surface area contributed by atoms with E-state index in [4.69, 9.17) is 9.47 Å². The average molecular weight is 391 g/mol. The molecule has 1 aromatic heterocycles. The minimum atomic E-state index is -0.512. The number of nitrogens with zero attached hydrogens (tertiary/aromatic N) is 2. The molecular formula is C22H21N3O4. The SMILES string of the molecule is O=C(CCn1ncc(=O)c2ccccc21)Nc1ccc2c(c1)OC1(CCCC1)O2. The zero-order valence-electron chi connectivity index (χ0n) is 15.9. The van der Waals surface area contributed by atoms with E-state index in [1.165, 1.54) is 6.20 Å². The quantitative estimate of drug-likeness (QED) is 0.736. The lowest BCUT2D eigenvalue weighted by Crippen LogP contribution is -2.34. The first-order valence-electron chi connectivity index (χ1n) is 9.89. The van der Waals surface area contributed by atoms with Gasteiger partial charge in [0.05, 0.1) is 18.3 Å². The molecule has 2 aliphatic rings. The molecule has 2 aromatic carbocycles. The summed E-state index contributed by atoms with van der Waals surface area (Å²) in [6.45, 7) is 0.375. The van der Waals surface area contributed by atoms with Crippen molar-refractivity contribution in [1.29, 1.82) is 0 Å². The summed E-state index contributed by atoms with van der Waals surface area (Å²) in [7, 11) is 0. The van der Waals surface area contributed by atoms with Crippen molar-refractivity contribution in [2.45, 2.75) is 44.4 Å². The maximum absolute atomic E-state index is 12.5. The predicted octanol–water partition coefficient (Wildman–Crippen LogP) is 3.47. The number of hydrogen-bond acceptors (Lipinski definition) is 5. The third kappa shape index (κ3) is 3.33. The third-order valence-corrected chi connectivity index (χ3v) is 5.50. The first kappa shape index (κ1) is 17.7. The molecule has 1 N–H and O–H groups in total. The highest BCUT2D eigenvalue weighted by atomic mass is 16.7. The van der Waals surface area contributed by atoms with Gasteiger partial charge >= 0.3 is 0 Å². The Morgan fingerprint density at radius 2 is 1.90 bits per heavy atom. The topological polar surface area (TPSA) is 82.5 Å². The summed E-state index contributed by atoms with van der Waals surface area (Å²) in [5, 5.41) is 7.66. The molecule has 29 heavy (non-hydrogen) atoms. The van der Waals surface area contributed by atoms with Crippen LogP contribution in [0, 0.1) is 0 Å². The fourth-order valence-corrected chi connectivity index (χ4v) is 4.06. The summed E-state index contributed by atoms with van der Waals surface area (Å²) >= 11 is 0. The van der Waals surface area contributed by atoms with Crippen LogP contribution in [-0.4, -0.2) is 21.5 Å². The zero-order valence-corrected chi connectivity index (χ0v) is 15.9. The van der Waals surface area contributed by atoms with Gasteiger partial charge in [0.25, 0.3) is 5.79 Å². The second-order valence-corrected chi connectivity index (χ2v) is 7.53. The Balaban J connectivity index is 1.26. The molecule has 1 aliphatic heterocycles. The molecule has 1 fully saturated rings. The van der Waals surface area contributed by atoms with Crippen molar-refractivity contribution in [3.05, 3.63) is 58.9 Å². The van der Waals surface area contributed by atoms with E-state index >= 15 is 0 Å². The van der Waals surface area contributed by atoms with E-state index in [1.54, 1.807) is 10.7 Å². The van der Waals surface area contributed by atoms with Gasteiger partial charge in [-0.15, -0.1) is 0 Å². The van der Waals surface area contributed by atoms with Gasteiger partial charge < -0.3 is 14.8 Å². The number of benzene rings is 2. The molecule has 148 valence electrons. The van der Waals surface area contributed by atoms with Crippen molar-refractivity contribution in [2.24, 2.45) is 0 Å². The molecule has 0 atom stereocenters. The Morgan fingerprint density at radius 1 is 1.10 bits per heavy atom. The zero-order chi connectivity index (χ0) is 19.8. The standard InChI is InChI=1S/C22H21N3O4/c26-18-14-23-25(17-6-2-1-5-16(17)18)12-9-21(27)24-15-7-8-19-20(13-15)29-22(28-19)10-3-4-11-22/h1-2,5-8,13-14H,3-4,9-12H2,(H,24,27). The van der Waals surface area contributed by atoms with Crippen molar-refractivity contribution in [3.63, 3.8) is 0 Å². The largest absolute Gasteiger partial charge is 0.448 e. The van der Waals surface area contributed by atoms with Crippen molar-refractivity contribution >= 4 is 22.5 Å². The monoisotopic (exact) mass is 391 g/mol. The number of hydrogen-bond donors (Lipinski definition) is 1. The maximum Gasteiger partial charge on any atom is 0.251 e. The first-order chi connectivity index (χ1) is 14.1. The molecule has 2 heterocycles. The fourth-order valence-electron chi connectivity index (χ4n) is 4.06. The van der Waals surface area contributed by atoms with Crippen LogP contribution >= 0.6 is 0 Å². The summed E-state index contributed by atoms with van der Waals surface area (Å²) in [6, 6.07) is 12.7. The van der Waals surface area contributed by atoms with E-state index in [0.717, 1.165) is 36.9 Å². The number of anilines is 1. The number of ether oxygens (including phenoxy) is 2. The van der Waals surface area contributed by atoms with Crippen LogP contribution in [0.15, 0.2) is 53.5 Å². The van der Waals surface area contributed by atoms with E-state index in [0.29, 0.717) is 23.4 Å². The summed E-state index contributed by atoms with van der Waals surface area (Å²) in [6.07, 6.45) is 5.51. The van der Waals surface area contributed by atoms with Gasteiger partial charge in [-0.1, -0.05) is 12.1 Å². The molecule has 1 aliphatic carbocycles. The number of nitrogens with one attached hydrogen (secondary N) is 1. The van der Waals surface area contributed by atoms with Crippen LogP contribution in [0.4, 0.5) is 5.69 Å². The molecule has 1 amide bonds. The molecule has 0 saturated heterocycles. The Morgan fingerprint density at radius 3 is 2.76 bits per heavy atom. The number of carbonyl (C=O) groups excluding carboxylic acids is 1. The Labute approximate surface area is 167 Å². The number of rotatable bonds is 4. The van der Waals surface area contributed by atoms with E-state index in [-0.39, 0.29) is 17.8 Å². The minimum absolute atomic E-state index is 0.123. The Hall–Kier alpha value is -3.35. The second kappa shape index (κ2) is 6.92. The molecule has 7 nitrogen and oxygen atoms in total. The molecule has 1 spiro atoms. The summed E-state index contributed by atoms with van der Waals surface area (Å²) in [5.41, 5.74) is 1.27. The van der Waals surface area contributed by atoms with Crippen LogP contribution in [0.5, 0.6) is 11.5 Å². The van der Waals surface area contributed by atoms with Crippen LogP contribution in [0.25, 0.3) is 10.9 Å². The fraction of sp³-hybridized carbons (Fsp3) is 0.318. The summed E-state index contributed by atoms with van der Waals surface area (Å²) in [4.78, 5) is 24.4. The van der Waals surface area contributed by atoms with Crippen molar-refractivity contribution in [1.82, 2.24) is 9.78 Å². The normalized spacial score (nSPS) is 16.4. The van der Waals surface area contributed by atoms with E-state index < -0.39 is 5.79 Å². The number of carbonyl (C=O) groups is 1. The highest BCUT2D eigenvalue weighted by Crippen LogP contribution is 2.47. The van der Waals surface area contributed by atoms with Gasteiger partial charge in [0, 0.05) is 36.4 Å². The highest BCUT2D eigenvalue weighted by molar-refractivity contribution is 5.91. The number of fused-ring (bicyclic) bond motifs is 2. The number of aromatic nitrogens is 2. The van der Waals surface area contributed by atoms with Gasteiger partial charge in [0.1, 0.15) is 0 Å². The Bertz CT molecular complexity index is 1150. The van der Waals surface area contributed by atoms with Gasteiger partial charge in [-0.05, 0) is 37.1 Å². The van der Waals surface area contributed by atoms with Crippen LogP contribution < -0.4 is 20.2 Å². The summed E-state index contributed by atoms with van der Waals surface area (Å²) in [5.74, 6) is 0.762. The number of para-hydroxylation sites is 1. The second-order valence-electron chi connectivity index (χ2n) is 7.53.